The van der Waals surface area contributed by atoms with Crippen molar-refractivity contribution in [3.05, 3.63) is 35.4 Å². The quantitative estimate of drug-likeness (QED) is 0.745. The first-order chi connectivity index (χ1) is 10.1. The molecule has 1 aliphatic carbocycles. The highest BCUT2D eigenvalue weighted by Gasteiger charge is 2.23. The van der Waals surface area contributed by atoms with Gasteiger partial charge in [0.1, 0.15) is 0 Å². The molecule has 0 bridgehead atoms. The molecule has 21 heavy (non-hydrogen) atoms. The minimum absolute atomic E-state index is 0.0328. The summed E-state index contributed by atoms with van der Waals surface area (Å²) in [5.74, 6) is 1.39. The van der Waals surface area contributed by atoms with E-state index in [4.69, 9.17) is 4.74 Å². The van der Waals surface area contributed by atoms with E-state index in [0.717, 1.165) is 37.9 Å². The first-order valence-corrected chi connectivity index (χ1v) is 7.73. The second-order valence-corrected chi connectivity index (χ2v) is 6.10. The van der Waals surface area contributed by atoms with Crippen LogP contribution >= 0.6 is 0 Å². The highest BCUT2D eigenvalue weighted by Crippen LogP contribution is 2.31. The van der Waals surface area contributed by atoms with E-state index in [0.29, 0.717) is 23.8 Å². The fourth-order valence-corrected chi connectivity index (χ4v) is 3.11. The van der Waals surface area contributed by atoms with Gasteiger partial charge in [-0.2, -0.15) is 0 Å². The summed E-state index contributed by atoms with van der Waals surface area (Å²) in [4.78, 5) is 23.5. The molecule has 1 aromatic rings. The van der Waals surface area contributed by atoms with Crippen LogP contribution in [0.5, 0.6) is 0 Å². The molecule has 1 aromatic carbocycles. The van der Waals surface area contributed by atoms with E-state index in [2.05, 4.69) is 0 Å². The number of benzene rings is 1. The molecule has 1 saturated carbocycles. The summed E-state index contributed by atoms with van der Waals surface area (Å²) < 4.78 is 5.20. The van der Waals surface area contributed by atoms with E-state index >= 15 is 0 Å². The molecule has 0 unspecified atom stereocenters. The average Bonchev–Trinajstić information content (AvgIpc) is 2.49. The van der Waals surface area contributed by atoms with E-state index < -0.39 is 0 Å². The molecule has 0 aliphatic heterocycles. The Morgan fingerprint density at radius 3 is 2.05 bits per heavy atom. The molecule has 1 aliphatic rings. The Kier molecular flexibility index (Phi) is 5.68. The van der Waals surface area contributed by atoms with Crippen molar-refractivity contribution >= 4 is 11.6 Å². The Morgan fingerprint density at radius 2 is 1.52 bits per heavy atom. The van der Waals surface area contributed by atoms with Gasteiger partial charge in [-0.25, -0.2) is 0 Å². The summed E-state index contributed by atoms with van der Waals surface area (Å²) in [6.45, 7) is 2.38. The monoisotopic (exact) mass is 288 g/mol. The molecule has 2 rings (SSSR count). The van der Waals surface area contributed by atoms with E-state index in [1.807, 2.05) is 0 Å². The van der Waals surface area contributed by atoms with E-state index in [1.54, 1.807) is 31.4 Å². The Balaban J connectivity index is 1.86. The summed E-state index contributed by atoms with van der Waals surface area (Å²) >= 11 is 0. The Morgan fingerprint density at radius 1 is 1.00 bits per heavy atom. The lowest BCUT2D eigenvalue weighted by Crippen LogP contribution is -2.20. The molecule has 3 heteroatoms. The van der Waals surface area contributed by atoms with Crippen LogP contribution in [-0.2, 0) is 4.74 Å². The standard InChI is InChI=1S/C18H24O3/c1-13(19)16-7-9-17(10-8-16)18(20)11-14-3-5-15(6-4-14)12-21-2/h7-10,14-15H,3-6,11-12H2,1-2H3. The van der Waals surface area contributed by atoms with E-state index in [1.165, 1.54) is 6.92 Å². The third-order valence-electron chi connectivity index (χ3n) is 4.46. The third-order valence-corrected chi connectivity index (χ3v) is 4.46. The summed E-state index contributed by atoms with van der Waals surface area (Å²) in [6.07, 6.45) is 5.18. The predicted molar refractivity (Wildman–Crippen MR) is 82.7 cm³/mol. The van der Waals surface area contributed by atoms with Crippen molar-refractivity contribution in [2.75, 3.05) is 13.7 Å². The Hall–Kier alpha value is -1.48. The third kappa shape index (κ3) is 4.50. The maximum Gasteiger partial charge on any atom is 0.163 e. The summed E-state index contributed by atoms with van der Waals surface area (Å²) in [5, 5.41) is 0. The maximum atomic E-state index is 12.3. The van der Waals surface area contributed by atoms with Crippen LogP contribution in [0, 0.1) is 11.8 Å². The number of rotatable bonds is 6. The van der Waals surface area contributed by atoms with Crippen LogP contribution in [0.2, 0.25) is 0 Å². The van der Waals surface area contributed by atoms with Crippen molar-refractivity contribution in [2.24, 2.45) is 11.8 Å². The van der Waals surface area contributed by atoms with Gasteiger partial charge in [-0.1, -0.05) is 24.3 Å². The molecule has 0 aromatic heterocycles. The van der Waals surface area contributed by atoms with Gasteiger partial charge in [0.2, 0.25) is 0 Å². The van der Waals surface area contributed by atoms with Crippen LogP contribution in [-0.4, -0.2) is 25.3 Å². The van der Waals surface area contributed by atoms with Crippen molar-refractivity contribution in [1.29, 1.82) is 0 Å². The minimum atomic E-state index is 0.0328. The zero-order chi connectivity index (χ0) is 15.2. The SMILES string of the molecule is COCC1CCC(CC(=O)c2ccc(C(C)=O)cc2)CC1. The molecule has 1 fully saturated rings. The first-order valence-electron chi connectivity index (χ1n) is 7.73. The first kappa shape index (κ1) is 15.9. The molecule has 3 nitrogen and oxygen atoms in total. The number of hydrogen-bond acceptors (Lipinski definition) is 3. The smallest absolute Gasteiger partial charge is 0.163 e. The number of hydrogen-bond donors (Lipinski definition) is 0. The van der Waals surface area contributed by atoms with Gasteiger partial charge in [0.15, 0.2) is 11.6 Å². The lowest BCUT2D eigenvalue weighted by atomic mass is 9.79. The topological polar surface area (TPSA) is 43.4 Å². The van der Waals surface area contributed by atoms with Gasteiger partial charge in [0, 0.05) is 31.3 Å². The van der Waals surface area contributed by atoms with Gasteiger partial charge in [0.25, 0.3) is 0 Å². The highest BCUT2D eigenvalue weighted by atomic mass is 16.5. The van der Waals surface area contributed by atoms with Crippen molar-refractivity contribution in [3.8, 4) is 0 Å². The lowest BCUT2D eigenvalue weighted by Gasteiger charge is -2.27. The maximum absolute atomic E-state index is 12.3. The average molecular weight is 288 g/mol. The number of carbonyl (C=O) groups is 2. The van der Waals surface area contributed by atoms with Gasteiger partial charge in [-0.15, -0.1) is 0 Å². The van der Waals surface area contributed by atoms with Crippen LogP contribution in [0.1, 0.15) is 59.7 Å². The summed E-state index contributed by atoms with van der Waals surface area (Å²) in [6, 6.07) is 7.03. The number of methoxy groups -OCH3 is 1. The van der Waals surface area contributed by atoms with E-state index in [9.17, 15) is 9.59 Å². The lowest BCUT2D eigenvalue weighted by molar-refractivity contribution is 0.0907. The molecule has 0 N–H and O–H groups in total. The molecule has 0 atom stereocenters. The van der Waals surface area contributed by atoms with Crippen LogP contribution in [0.15, 0.2) is 24.3 Å². The molecular formula is C18H24O3. The minimum Gasteiger partial charge on any atom is -0.384 e. The normalized spacial score (nSPS) is 22.0. The molecular weight excluding hydrogens is 264 g/mol. The number of ketones is 2. The van der Waals surface area contributed by atoms with Crippen LogP contribution in [0.4, 0.5) is 0 Å². The van der Waals surface area contributed by atoms with Crippen LogP contribution in [0.25, 0.3) is 0 Å². The fraction of sp³-hybridized carbons (Fsp3) is 0.556. The van der Waals surface area contributed by atoms with Gasteiger partial charge < -0.3 is 4.74 Å². The second kappa shape index (κ2) is 7.51. The summed E-state index contributed by atoms with van der Waals surface area (Å²) in [7, 11) is 1.75. The largest absolute Gasteiger partial charge is 0.384 e. The zero-order valence-electron chi connectivity index (χ0n) is 12.9. The molecule has 0 spiro atoms. The summed E-state index contributed by atoms with van der Waals surface area (Å²) in [5.41, 5.74) is 1.38. The molecule has 0 radical (unpaired) electrons. The molecule has 0 heterocycles. The van der Waals surface area contributed by atoms with Gasteiger partial charge in [-0.05, 0) is 44.4 Å². The number of ether oxygens (including phenoxy) is 1. The molecule has 0 saturated heterocycles. The fourth-order valence-electron chi connectivity index (χ4n) is 3.11. The van der Waals surface area contributed by atoms with Crippen molar-refractivity contribution in [3.63, 3.8) is 0 Å². The van der Waals surface area contributed by atoms with Crippen LogP contribution in [0.3, 0.4) is 0 Å². The Bertz CT molecular complexity index is 482. The van der Waals surface area contributed by atoms with E-state index in [-0.39, 0.29) is 11.6 Å². The number of carbonyl (C=O) groups excluding carboxylic acids is 2. The second-order valence-electron chi connectivity index (χ2n) is 6.10. The van der Waals surface area contributed by atoms with Crippen molar-refractivity contribution in [1.82, 2.24) is 0 Å². The van der Waals surface area contributed by atoms with Gasteiger partial charge in [0.05, 0.1) is 0 Å². The number of Topliss-reactive ketones (excluding diaryl/α,β-unsaturated/α-hetero) is 2. The Labute approximate surface area is 126 Å². The van der Waals surface area contributed by atoms with Gasteiger partial charge >= 0.3 is 0 Å². The molecule has 114 valence electrons. The highest BCUT2D eigenvalue weighted by molar-refractivity contribution is 5.98. The van der Waals surface area contributed by atoms with Gasteiger partial charge in [-0.3, -0.25) is 9.59 Å². The predicted octanol–water partition coefficient (Wildman–Crippen LogP) is 3.91. The van der Waals surface area contributed by atoms with Crippen molar-refractivity contribution in [2.45, 2.75) is 39.0 Å². The zero-order valence-corrected chi connectivity index (χ0v) is 12.9. The van der Waals surface area contributed by atoms with Crippen LogP contribution < -0.4 is 0 Å². The van der Waals surface area contributed by atoms with Crippen molar-refractivity contribution < 1.29 is 14.3 Å². The molecule has 0 amide bonds.